The van der Waals surface area contributed by atoms with E-state index in [0.717, 1.165) is 23.3 Å². The van der Waals surface area contributed by atoms with Crippen molar-refractivity contribution in [3.63, 3.8) is 0 Å². The SMILES string of the molecule is CC[C@H](NC(=O)COc1cccc(C(F)(F)F)c1)c1ccccc1C. The molecule has 0 aliphatic rings. The molecule has 1 atom stereocenters. The summed E-state index contributed by atoms with van der Waals surface area (Å²) in [5.74, 6) is -0.374. The number of aryl methyl sites for hydroxylation is 1. The molecule has 0 spiro atoms. The Labute approximate surface area is 144 Å². The molecule has 0 heterocycles. The lowest BCUT2D eigenvalue weighted by molar-refractivity contribution is -0.137. The Morgan fingerprint density at radius 2 is 1.88 bits per heavy atom. The fourth-order valence-electron chi connectivity index (χ4n) is 2.52. The second-order valence-corrected chi connectivity index (χ2v) is 5.70. The maximum Gasteiger partial charge on any atom is 0.416 e. The van der Waals surface area contributed by atoms with Gasteiger partial charge in [0.2, 0.25) is 0 Å². The Kier molecular flexibility index (Phi) is 6.07. The minimum Gasteiger partial charge on any atom is -0.484 e. The third kappa shape index (κ3) is 5.24. The van der Waals surface area contributed by atoms with Crippen molar-refractivity contribution in [2.24, 2.45) is 0 Å². The maximum atomic E-state index is 12.7. The number of hydrogen-bond donors (Lipinski definition) is 1. The monoisotopic (exact) mass is 351 g/mol. The van der Waals surface area contributed by atoms with Crippen LogP contribution in [0.4, 0.5) is 13.2 Å². The molecule has 6 heteroatoms. The van der Waals surface area contributed by atoms with Crippen LogP contribution in [0.25, 0.3) is 0 Å². The Balaban J connectivity index is 1.97. The van der Waals surface area contributed by atoms with E-state index in [4.69, 9.17) is 4.74 Å². The van der Waals surface area contributed by atoms with Crippen molar-refractivity contribution in [2.45, 2.75) is 32.5 Å². The summed E-state index contributed by atoms with van der Waals surface area (Å²) in [5.41, 5.74) is 1.27. The zero-order valence-corrected chi connectivity index (χ0v) is 14.1. The zero-order chi connectivity index (χ0) is 18.4. The summed E-state index contributed by atoms with van der Waals surface area (Å²) in [6.45, 7) is 3.57. The van der Waals surface area contributed by atoms with Gasteiger partial charge in [-0.15, -0.1) is 0 Å². The Bertz CT molecular complexity index is 729. The third-order valence-electron chi connectivity index (χ3n) is 3.84. The normalized spacial score (nSPS) is 12.5. The molecule has 2 rings (SSSR count). The summed E-state index contributed by atoms with van der Waals surface area (Å²) in [6.07, 6.45) is -3.75. The number of nitrogens with one attached hydrogen (secondary N) is 1. The quantitative estimate of drug-likeness (QED) is 0.822. The highest BCUT2D eigenvalue weighted by Crippen LogP contribution is 2.31. The van der Waals surface area contributed by atoms with Crippen LogP contribution in [0.3, 0.4) is 0 Å². The lowest BCUT2D eigenvalue weighted by Gasteiger charge is -2.19. The molecule has 25 heavy (non-hydrogen) atoms. The molecule has 3 nitrogen and oxygen atoms in total. The van der Waals surface area contributed by atoms with Crippen molar-refractivity contribution in [3.05, 3.63) is 65.2 Å². The van der Waals surface area contributed by atoms with Gasteiger partial charge in [-0.25, -0.2) is 0 Å². The Morgan fingerprint density at radius 3 is 2.52 bits per heavy atom. The molecule has 0 aliphatic heterocycles. The van der Waals surface area contributed by atoms with Gasteiger partial charge in [0.1, 0.15) is 5.75 Å². The number of rotatable bonds is 6. The molecule has 0 aliphatic carbocycles. The molecule has 0 radical (unpaired) electrons. The minimum atomic E-state index is -4.44. The number of halogens is 3. The second-order valence-electron chi connectivity index (χ2n) is 5.70. The first-order valence-corrected chi connectivity index (χ1v) is 7.96. The summed E-state index contributed by atoms with van der Waals surface area (Å²) >= 11 is 0. The van der Waals surface area contributed by atoms with E-state index >= 15 is 0 Å². The smallest absolute Gasteiger partial charge is 0.416 e. The largest absolute Gasteiger partial charge is 0.484 e. The molecular weight excluding hydrogens is 331 g/mol. The maximum absolute atomic E-state index is 12.7. The number of carbonyl (C=O) groups is 1. The third-order valence-corrected chi connectivity index (χ3v) is 3.84. The van der Waals surface area contributed by atoms with Crippen LogP contribution in [0.2, 0.25) is 0 Å². The van der Waals surface area contributed by atoms with Crippen LogP contribution >= 0.6 is 0 Å². The fraction of sp³-hybridized carbons (Fsp3) is 0.316. The molecule has 0 saturated heterocycles. The highest BCUT2D eigenvalue weighted by atomic mass is 19.4. The van der Waals surface area contributed by atoms with E-state index in [1.165, 1.54) is 12.1 Å². The molecule has 1 N–H and O–H groups in total. The molecular formula is C19H20F3NO2. The average Bonchev–Trinajstić information content (AvgIpc) is 2.58. The lowest BCUT2D eigenvalue weighted by Crippen LogP contribution is -2.32. The van der Waals surface area contributed by atoms with Crippen molar-refractivity contribution >= 4 is 5.91 Å². The van der Waals surface area contributed by atoms with E-state index < -0.39 is 11.7 Å². The van der Waals surface area contributed by atoms with Gasteiger partial charge in [-0.3, -0.25) is 4.79 Å². The first-order chi connectivity index (χ1) is 11.8. The fourth-order valence-corrected chi connectivity index (χ4v) is 2.52. The lowest BCUT2D eigenvalue weighted by atomic mass is 9.99. The van der Waals surface area contributed by atoms with Crippen LogP contribution in [0.1, 0.15) is 36.1 Å². The van der Waals surface area contributed by atoms with Crippen LogP contribution in [0.15, 0.2) is 48.5 Å². The van der Waals surface area contributed by atoms with Gasteiger partial charge >= 0.3 is 6.18 Å². The van der Waals surface area contributed by atoms with Gasteiger partial charge in [0, 0.05) is 0 Å². The van der Waals surface area contributed by atoms with Gasteiger partial charge in [-0.05, 0) is 42.7 Å². The van der Waals surface area contributed by atoms with E-state index in [-0.39, 0.29) is 24.3 Å². The highest BCUT2D eigenvalue weighted by Gasteiger charge is 2.30. The number of hydrogen-bond acceptors (Lipinski definition) is 2. The van der Waals surface area contributed by atoms with E-state index in [1.807, 2.05) is 38.1 Å². The average molecular weight is 351 g/mol. The molecule has 134 valence electrons. The van der Waals surface area contributed by atoms with Gasteiger partial charge in [-0.2, -0.15) is 13.2 Å². The van der Waals surface area contributed by atoms with Crippen molar-refractivity contribution < 1.29 is 22.7 Å². The van der Waals surface area contributed by atoms with Crippen LogP contribution < -0.4 is 10.1 Å². The van der Waals surface area contributed by atoms with Gasteiger partial charge < -0.3 is 10.1 Å². The van der Waals surface area contributed by atoms with Crippen LogP contribution in [-0.2, 0) is 11.0 Å². The minimum absolute atomic E-state index is 0.00825. The first kappa shape index (κ1) is 18.8. The first-order valence-electron chi connectivity index (χ1n) is 7.96. The predicted molar refractivity (Wildman–Crippen MR) is 89.3 cm³/mol. The number of amides is 1. The molecule has 0 aromatic heterocycles. The van der Waals surface area contributed by atoms with E-state index in [9.17, 15) is 18.0 Å². The summed E-state index contributed by atoms with van der Waals surface area (Å²) in [6, 6.07) is 12.0. The van der Waals surface area contributed by atoms with Gasteiger partial charge in [0.15, 0.2) is 6.61 Å². The van der Waals surface area contributed by atoms with Crippen LogP contribution in [0, 0.1) is 6.92 Å². The van der Waals surface area contributed by atoms with Crippen molar-refractivity contribution in [2.75, 3.05) is 6.61 Å². The van der Waals surface area contributed by atoms with E-state index in [2.05, 4.69) is 5.32 Å². The molecule has 2 aromatic carbocycles. The van der Waals surface area contributed by atoms with Crippen LogP contribution in [0.5, 0.6) is 5.75 Å². The number of benzene rings is 2. The van der Waals surface area contributed by atoms with E-state index in [0.29, 0.717) is 6.42 Å². The number of ether oxygens (including phenoxy) is 1. The summed E-state index contributed by atoms with van der Waals surface area (Å²) in [4.78, 5) is 12.1. The summed E-state index contributed by atoms with van der Waals surface area (Å²) < 4.78 is 43.2. The summed E-state index contributed by atoms with van der Waals surface area (Å²) in [7, 11) is 0. The number of alkyl halides is 3. The van der Waals surface area contributed by atoms with Crippen LogP contribution in [-0.4, -0.2) is 12.5 Å². The molecule has 1 amide bonds. The molecule has 0 bridgehead atoms. The van der Waals surface area contributed by atoms with Gasteiger partial charge in [0.05, 0.1) is 11.6 Å². The zero-order valence-electron chi connectivity index (χ0n) is 14.1. The predicted octanol–water partition coefficient (Wildman–Crippen LogP) is 4.66. The standard InChI is InChI=1S/C19H20F3NO2/c1-3-17(16-10-5-4-7-13(16)2)23-18(24)12-25-15-9-6-8-14(11-15)19(20,21)22/h4-11,17H,3,12H2,1-2H3,(H,23,24)/t17-/m0/s1. The van der Waals surface area contributed by atoms with Crippen molar-refractivity contribution in [1.29, 1.82) is 0 Å². The molecule has 2 aromatic rings. The molecule has 0 fully saturated rings. The topological polar surface area (TPSA) is 38.3 Å². The second kappa shape index (κ2) is 8.05. The van der Waals surface area contributed by atoms with Gasteiger partial charge in [0.25, 0.3) is 5.91 Å². The van der Waals surface area contributed by atoms with E-state index in [1.54, 1.807) is 0 Å². The highest BCUT2D eigenvalue weighted by molar-refractivity contribution is 5.78. The van der Waals surface area contributed by atoms with Crippen molar-refractivity contribution in [3.8, 4) is 5.75 Å². The molecule has 0 unspecified atom stereocenters. The number of carbonyl (C=O) groups excluding carboxylic acids is 1. The van der Waals surface area contributed by atoms with Crippen molar-refractivity contribution in [1.82, 2.24) is 5.32 Å². The Morgan fingerprint density at radius 1 is 1.16 bits per heavy atom. The summed E-state index contributed by atoms with van der Waals surface area (Å²) in [5, 5.41) is 2.85. The molecule has 0 saturated carbocycles. The van der Waals surface area contributed by atoms with Gasteiger partial charge in [-0.1, -0.05) is 37.3 Å². The Hall–Kier alpha value is -2.50.